The fourth-order valence-corrected chi connectivity index (χ4v) is 7.94. The second-order valence-electron chi connectivity index (χ2n) is 13.2. The number of benzene rings is 2. The zero-order valence-corrected chi connectivity index (χ0v) is 26.6. The lowest BCUT2D eigenvalue weighted by Crippen LogP contribution is -2.50. The van der Waals surface area contributed by atoms with Crippen LogP contribution in [0.5, 0.6) is 0 Å². The Hall–Kier alpha value is -3.79. The topological polar surface area (TPSA) is 90.8 Å². The Morgan fingerprint density at radius 3 is 2.55 bits per heavy atom. The van der Waals surface area contributed by atoms with Crippen LogP contribution in [0.25, 0.3) is 5.69 Å². The van der Waals surface area contributed by atoms with Gasteiger partial charge in [0.05, 0.1) is 17.3 Å². The number of piperidine rings is 1. The summed E-state index contributed by atoms with van der Waals surface area (Å²) in [7, 11) is 0. The zero-order valence-electron chi connectivity index (χ0n) is 25.8. The maximum atomic E-state index is 13.9. The number of rotatable bonds is 7. The molecule has 44 heavy (non-hydrogen) atoms. The number of carbonyl (C=O) groups is 3. The highest BCUT2D eigenvalue weighted by Gasteiger charge is 2.44. The van der Waals surface area contributed by atoms with Gasteiger partial charge in [-0.05, 0) is 48.8 Å². The minimum atomic E-state index is -0.434. The molecule has 0 aliphatic carbocycles. The first kappa shape index (κ1) is 30.2. The van der Waals surface area contributed by atoms with Gasteiger partial charge in [0, 0.05) is 63.7 Å². The third-order valence-electron chi connectivity index (χ3n) is 8.98. The number of hydrogen-bond donors (Lipinski definition) is 1. The average molecular weight is 617 g/mol. The van der Waals surface area contributed by atoms with Crippen molar-refractivity contribution in [3.8, 4) is 5.69 Å². The number of thioether (sulfide) groups is 1. The number of anilines is 1. The summed E-state index contributed by atoms with van der Waals surface area (Å²) in [5, 5.41) is 2.45. The van der Waals surface area contributed by atoms with Crippen molar-refractivity contribution in [3.05, 3.63) is 78.4 Å². The van der Waals surface area contributed by atoms with Gasteiger partial charge in [0.15, 0.2) is 0 Å². The van der Waals surface area contributed by atoms with Crippen LogP contribution in [-0.2, 0) is 16.0 Å². The Labute approximate surface area is 265 Å². The predicted octanol–water partition coefficient (Wildman–Crippen LogP) is 5.97. The molecule has 0 bridgehead atoms. The Bertz CT molecular complexity index is 1500. The van der Waals surface area contributed by atoms with Gasteiger partial charge < -0.3 is 24.6 Å². The molecule has 4 heterocycles. The van der Waals surface area contributed by atoms with Gasteiger partial charge in [-0.3, -0.25) is 9.59 Å². The molecule has 2 fully saturated rings. The van der Waals surface area contributed by atoms with Gasteiger partial charge in [0.25, 0.3) is 0 Å². The second-order valence-corrected chi connectivity index (χ2v) is 14.5. The van der Waals surface area contributed by atoms with Gasteiger partial charge in [0.1, 0.15) is 5.37 Å². The Balaban J connectivity index is 0.00000400. The normalized spacial score (nSPS) is 21.3. The van der Waals surface area contributed by atoms with E-state index in [1.54, 1.807) is 24.3 Å². The first-order valence-corrected chi connectivity index (χ1v) is 16.6. The number of amides is 4. The third-order valence-corrected chi connectivity index (χ3v) is 10.4. The molecule has 234 valence electrons. The standard InChI is InChI=1S/C34H42N6O3S.H2/c1-34(2,3)15-20-40-31(42)29(44-32(40)26-9-5-7-11-28(26)38-21-16-35-23-38)22-30(41)37-17-13-25(14-18-37)39-19-12-24-8-4-6-10-27(24)36-33(39)43;/h4-11,16,21,23,25,29,32H,12-15,17-20,22H2,1-3H3,(H,36,43);1H. The number of urea groups is 1. The van der Waals surface area contributed by atoms with Gasteiger partial charge in [-0.1, -0.05) is 57.2 Å². The van der Waals surface area contributed by atoms with Crippen LogP contribution in [0.2, 0.25) is 0 Å². The SMILES string of the molecule is CC(C)(C)CCN1C(=O)C(CC(=O)N2CCC(N3CCc4ccccc4NC3=O)CC2)SC1c1ccccc1-n1ccnc1.[HH]. The zero-order chi connectivity index (χ0) is 30.8. The number of fused-ring (bicyclic) bond motifs is 1. The fourth-order valence-electron chi connectivity index (χ4n) is 6.43. The Kier molecular flexibility index (Phi) is 8.71. The summed E-state index contributed by atoms with van der Waals surface area (Å²) in [6, 6.07) is 16.1. The van der Waals surface area contributed by atoms with Gasteiger partial charge in [-0.15, -0.1) is 11.8 Å². The van der Waals surface area contributed by atoms with Crippen molar-refractivity contribution in [2.45, 2.75) is 69.5 Å². The molecule has 3 aliphatic rings. The molecule has 2 atom stereocenters. The van der Waals surface area contributed by atoms with Crippen LogP contribution in [0.3, 0.4) is 0 Å². The lowest BCUT2D eigenvalue weighted by atomic mass is 9.92. The first-order chi connectivity index (χ1) is 21.2. The van der Waals surface area contributed by atoms with E-state index in [-0.39, 0.29) is 42.5 Å². The fraction of sp³-hybridized carbons (Fsp3) is 0.471. The summed E-state index contributed by atoms with van der Waals surface area (Å²) >= 11 is 1.59. The predicted molar refractivity (Wildman–Crippen MR) is 176 cm³/mol. The summed E-state index contributed by atoms with van der Waals surface area (Å²) in [5.41, 5.74) is 4.15. The average Bonchev–Trinajstić information content (AvgIpc) is 3.61. The van der Waals surface area contributed by atoms with Crippen LogP contribution in [0.4, 0.5) is 10.5 Å². The smallest absolute Gasteiger partial charge is 0.322 e. The summed E-state index contributed by atoms with van der Waals surface area (Å²) in [4.78, 5) is 50.6. The molecule has 0 saturated carbocycles. The molecule has 10 heteroatoms. The van der Waals surface area contributed by atoms with E-state index in [4.69, 9.17) is 0 Å². The maximum Gasteiger partial charge on any atom is 0.322 e. The quantitative estimate of drug-likeness (QED) is 0.353. The molecule has 2 aromatic carbocycles. The van der Waals surface area contributed by atoms with Crippen LogP contribution >= 0.6 is 11.8 Å². The number of likely N-dealkylation sites (tertiary alicyclic amines) is 1. The van der Waals surface area contributed by atoms with Gasteiger partial charge in [-0.25, -0.2) is 9.78 Å². The summed E-state index contributed by atoms with van der Waals surface area (Å²) in [5.74, 6) is 0.0510. The molecule has 2 unspecified atom stereocenters. The van der Waals surface area contributed by atoms with Gasteiger partial charge >= 0.3 is 6.03 Å². The minimum absolute atomic E-state index is 0. The summed E-state index contributed by atoms with van der Waals surface area (Å²) < 4.78 is 1.98. The lowest BCUT2D eigenvalue weighted by molar-refractivity contribution is -0.137. The number of para-hydroxylation sites is 2. The molecule has 3 aromatic rings. The molecule has 3 aliphatic heterocycles. The van der Waals surface area contributed by atoms with Crippen molar-refractivity contribution in [1.82, 2.24) is 24.3 Å². The first-order valence-electron chi connectivity index (χ1n) is 15.6. The van der Waals surface area contributed by atoms with Crippen LogP contribution in [-0.4, -0.2) is 79.6 Å². The highest BCUT2D eigenvalue weighted by atomic mass is 32.2. The van der Waals surface area contributed by atoms with E-state index >= 15 is 0 Å². The number of aromatic nitrogens is 2. The van der Waals surface area contributed by atoms with E-state index in [0.29, 0.717) is 26.2 Å². The van der Waals surface area contributed by atoms with Crippen LogP contribution in [0.1, 0.15) is 64.4 Å². The van der Waals surface area contributed by atoms with Crippen molar-refractivity contribution in [3.63, 3.8) is 0 Å². The van der Waals surface area contributed by atoms with Crippen LogP contribution < -0.4 is 5.32 Å². The molecule has 0 spiro atoms. The Morgan fingerprint density at radius 1 is 1.05 bits per heavy atom. The van der Waals surface area contributed by atoms with Crippen molar-refractivity contribution < 1.29 is 15.8 Å². The molecular formula is C34H44N6O3S. The molecule has 1 N–H and O–H groups in total. The van der Waals surface area contributed by atoms with Crippen molar-refractivity contribution in [1.29, 1.82) is 0 Å². The number of imidazole rings is 1. The largest absolute Gasteiger partial charge is 0.342 e. The minimum Gasteiger partial charge on any atom is -0.342 e. The van der Waals surface area contributed by atoms with E-state index in [2.05, 4.69) is 49.3 Å². The van der Waals surface area contributed by atoms with E-state index < -0.39 is 5.25 Å². The maximum absolute atomic E-state index is 13.9. The monoisotopic (exact) mass is 616 g/mol. The van der Waals surface area contributed by atoms with Gasteiger partial charge in [-0.2, -0.15) is 0 Å². The highest BCUT2D eigenvalue weighted by molar-refractivity contribution is 8.01. The molecular weight excluding hydrogens is 572 g/mol. The number of carbonyl (C=O) groups excluding carboxylic acids is 3. The van der Waals surface area contributed by atoms with Crippen molar-refractivity contribution in [2.75, 3.05) is 31.5 Å². The highest BCUT2D eigenvalue weighted by Crippen LogP contribution is 2.46. The molecule has 0 radical (unpaired) electrons. The van der Waals surface area contributed by atoms with Crippen molar-refractivity contribution >= 4 is 35.3 Å². The third kappa shape index (κ3) is 6.50. The molecule has 6 rings (SSSR count). The van der Waals surface area contributed by atoms with Crippen molar-refractivity contribution in [2.24, 2.45) is 5.41 Å². The molecule has 4 amide bonds. The second kappa shape index (κ2) is 12.7. The van der Waals surface area contributed by atoms with E-state index in [9.17, 15) is 14.4 Å². The van der Waals surface area contributed by atoms with E-state index in [1.165, 1.54) is 0 Å². The molecule has 9 nitrogen and oxygen atoms in total. The lowest BCUT2D eigenvalue weighted by Gasteiger charge is -2.38. The van der Waals surface area contributed by atoms with Crippen LogP contribution in [0.15, 0.2) is 67.3 Å². The number of hydrogen-bond acceptors (Lipinski definition) is 5. The number of nitrogens with zero attached hydrogens (tertiary/aromatic N) is 5. The summed E-state index contributed by atoms with van der Waals surface area (Å²) in [6.07, 6.45) is 8.78. The number of nitrogens with one attached hydrogen (secondary N) is 1. The van der Waals surface area contributed by atoms with E-state index in [1.807, 2.05) is 55.8 Å². The molecule has 2 saturated heterocycles. The molecule has 1 aromatic heterocycles. The van der Waals surface area contributed by atoms with Crippen LogP contribution in [0, 0.1) is 5.41 Å². The van der Waals surface area contributed by atoms with E-state index in [0.717, 1.165) is 48.2 Å². The Morgan fingerprint density at radius 2 is 1.80 bits per heavy atom. The summed E-state index contributed by atoms with van der Waals surface area (Å²) in [6.45, 7) is 9.05. The van der Waals surface area contributed by atoms with Gasteiger partial charge in [0.2, 0.25) is 11.8 Å².